The van der Waals surface area contributed by atoms with Crippen LogP contribution in [-0.2, 0) is 0 Å². The lowest BCUT2D eigenvalue weighted by molar-refractivity contribution is 0.321. The van der Waals surface area contributed by atoms with Crippen LogP contribution in [0.3, 0.4) is 0 Å². The fourth-order valence-electron chi connectivity index (χ4n) is 1.11. The largest absolute Gasteiger partial charge is 0.495 e. The van der Waals surface area contributed by atoms with Gasteiger partial charge in [-0.2, -0.15) is 5.26 Å². The average molecular weight is 203 g/mol. The maximum atomic E-state index is 8.77. The Bertz CT molecular complexity index is 380. The lowest BCUT2D eigenvalue weighted by atomic mass is 10.2. The van der Waals surface area contributed by atoms with Crippen molar-refractivity contribution in [2.24, 2.45) is 0 Å². The van der Waals surface area contributed by atoms with Gasteiger partial charge in [0.25, 0.3) is 0 Å². The van der Waals surface area contributed by atoms with Gasteiger partial charge in [-0.3, -0.25) is 0 Å². The molecule has 0 aromatic heterocycles. The van der Waals surface area contributed by atoms with Crippen LogP contribution in [0.25, 0.3) is 0 Å². The van der Waals surface area contributed by atoms with E-state index in [0.29, 0.717) is 23.7 Å². The summed E-state index contributed by atoms with van der Waals surface area (Å²) in [6, 6.07) is 7.19. The van der Waals surface area contributed by atoms with E-state index < -0.39 is 0 Å². The van der Waals surface area contributed by atoms with Crippen LogP contribution in [0.4, 0.5) is 0 Å². The highest BCUT2D eigenvalue weighted by Gasteiger charge is 2.03. The van der Waals surface area contributed by atoms with E-state index in [4.69, 9.17) is 14.7 Å². The van der Waals surface area contributed by atoms with Crippen LogP contribution in [0.1, 0.15) is 12.0 Å². The Kier molecular flexibility index (Phi) is 4.24. The molecule has 1 rings (SSSR count). The first-order valence-corrected chi connectivity index (χ1v) is 4.63. The molecule has 3 nitrogen and oxygen atoms in total. The molecule has 78 valence electrons. The summed E-state index contributed by atoms with van der Waals surface area (Å²) >= 11 is 0. The predicted molar refractivity (Wildman–Crippen MR) is 58.0 cm³/mol. The van der Waals surface area contributed by atoms with Crippen LogP contribution in [0.5, 0.6) is 11.5 Å². The van der Waals surface area contributed by atoms with Gasteiger partial charge in [-0.1, -0.05) is 6.08 Å². The first-order valence-electron chi connectivity index (χ1n) is 4.63. The molecule has 0 radical (unpaired) electrons. The Hall–Kier alpha value is -1.95. The van der Waals surface area contributed by atoms with Crippen molar-refractivity contribution < 1.29 is 9.47 Å². The molecule has 3 heteroatoms. The molecule has 1 aromatic carbocycles. The number of benzene rings is 1. The highest BCUT2D eigenvalue weighted by atomic mass is 16.5. The number of ether oxygens (including phenoxy) is 2. The van der Waals surface area contributed by atoms with Crippen LogP contribution in [-0.4, -0.2) is 13.7 Å². The van der Waals surface area contributed by atoms with Crippen molar-refractivity contribution in [1.29, 1.82) is 5.26 Å². The second-order valence-corrected chi connectivity index (χ2v) is 2.90. The Balaban J connectivity index is 2.75. The maximum Gasteiger partial charge on any atom is 0.140 e. The number of rotatable bonds is 5. The van der Waals surface area contributed by atoms with E-state index in [9.17, 15) is 0 Å². The Morgan fingerprint density at radius 3 is 2.93 bits per heavy atom. The lowest BCUT2D eigenvalue weighted by Gasteiger charge is -2.07. The van der Waals surface area contributed by atoms with Crippen molar-refractivity contribution in [3.8, 4) is 17.6 Å². The minimum Gasteiger partial charge on any atom is -0.495 e. The van der Waals surface area contributed by atoms with Crippen molar-refractivity contribution in [1.82, 2.24) is 0 Å². The Morgan fingerprint density at radius 1 is 1.53 bits per heavy atom. The second-order valence-electron chi connectivity index (χ2n) is 2.90. The summed E-state index contributed by atoms with van der Waals surface area (Å²) in [5.41, 5.74) is 0.508. The standard InChI is InChI=1S/C12H13NO2/c1-3-4-7-15-11-6-5-10(9-13)12(8-11)14-2/h3,5-6,8H,1,4,7H2,2H3. The van der Waals surface area contributed by atoms with Crippen LogP contribution in [0.15, 0.2) is 30.9 Å². The molecule has 0 saturated carbocycles. The highest BCUT2D eigenvalue weighted by molar-refractivity contribution is 5.47. The van der Waals surface area contributed by atoms with Crippen LogP contribution >= 0.6 is 0 Å². The number of hydrogen-bond donors (Lipinski definition) is 0. The molecule has 0 amide bonds. The molecule has 0 fully saturated rings. The number of nitriles is 1. The first kappa shape index (κ1) is 11.1. The molecular formula is C12H13NO2. The third-order valence-corrected chi connectivity index (χ3v) is 1.88. The normalized spacial score (nSPS) is 9.07. The van der Waals surface area contributed by atoms with Gasteiger partial charge in [0.1, 0.15) is 17.6 Å². The summed E-state index contributed by atoms with van der Waals surface area (Å²) in [5.74, 6) is 1.24. The van der Waals surface area contributed by atoms with E-state index in [-0.39, 0.29) is 0 Å². The molecule has 0 atom stereocenters. The minimum atomic E-state index is 0.508. The SMILES string of the molecule is C=CCCOc1ccc(C#N)c(OC)c1. The fraction of sp³-hybridized carbons (Fsp3) is 0.250. The molecule has 0 spiro atoms. The summed E-state index contributed by atoms with van der Waals surface area (Å²) in [5, 5.41) is 8.77. The summed E-state index contributed by atoms with van der Waals surface area (Å²) < 4.78 is 10.5. The van der Waals surface area contributed by atoms with E-state index in [1.54, 1.807) is 24.3 Å². The van der Waals surface area contributed by atoms with Crippen molar-refractivity contribution >= 4 is 0 Å². The maximum absolute atomic E-state index is 8.77. The molecule has 15 heavy (non-hydrogen) atoms. The molecule has 1 aromatic rings. The molecule has 0 aliphatic carbocycles. The van der Waals surface area contributed by atoms with Gasteiger partial charge >= 0.3 is 0 Å². The van der Waals surface area contributed by atoms with Crippen molar-refractivity contribution in [2.45, 2.75) is 6.42 Å². The number of nitrogens with zero attached hydrogens (tertiary/aromatic N) is 1. The molecule has 0 saturated heterocycles. The zero-order chi connectivity index (χ0) is 11.1. The summed E-state index contributed by atoms with van der Waals surface area (Å²) in [7, 11) is 1.53. The molecule has 0 bridgehead atoms. The highest BCUT2D eigenvalue weighted by Crippen LogP contribution is 2.23. The van der Waals surface area contributed by atoms with Gasteiger partial charge in [0.15, 0.2) is 0 Å². The lowest BCUT2D eigenvalue weighted by Crippen LogP contribution is -1.96. The zero-order valence-corrected chi connectivity index (χ0v) is 8.69. The first-order chi connectivity index (χ1) is 7.31. The predicted octanol–water partition coefficient (Wildman–Crippen LogP) is 2.52. The van der Waals surface area contributed by atoms with Crippen molar-refractivity contribution in [3.63, 3.8) is 0 Å². The van der Waals surface area contributed by atoms with Gasteiger partial charge in [-0.05, 0) is 18.6 Å². The van der Waals surface area contributed by atoms with E-state index in [2.05, 4.69) is 6.58 Å². The third kappa shape index (κ3) is 3.03. The third-order valence-electron chi connectivity index (χ3n) is 1.88. The Labute approximate surface area is 89.6 Å². The van der Waals surface area contributed by atoms with Gasteiger partial charge < -0.3 is 9.47 Å². The fourth-order valence-corrected chi connectivity index (χ4v) is 1.11. The molecule has 0 unspecified atom stereocenters. The van der Waals surface area contributed by atoms with Gasteiger partial charge in [-0.25, -0.2) is 0 Å². The van der Waals surface area contributed by atoms with Crippen LogP contribution < -0.4 is 9.47 Å². The van der Waals surface area contributed by atoms with Crippen molar-refractivity contribution in [2.75, 3.05) is 13.7 Å². The Morgan fingerprint density at radius 2 is 2.33 bits per heavy atom. The minimum absolute atomic E-state index is 0.508. The summed E-state index contributed by atoms with van der Waals surface area (Å²) in [4.78, 5) is 0. The van der Waals surface area contributed by atoms with E-state index >= 15 is 0 Å². The zero-order valence-electron chi connectivity index (χ0n) is 8.69. The van der Waals surface area contributed by atoms with Gasteiger partial charge in [0.05, 0.1) is 19.3 Å². The molecule has 0 heterocycles. The van der Waals surface area contributed by atoms with Crippen LogP contribution in [0.2, 0.25) is 0 Å². The molecule has 0 aliphatic rings. The average Bonchev–Trinajstić information content (AvgIpc) is 2.29. The quantitative estimate of drug-likeness (QED) is 0.545. The van der Waals surface area contributed by atoms with E-state index in [0.717, 1.165) is 6.42 Å². The number of methoxy groups -OCH3 is 1. The molecule has 0 N–H and O–H groups in total. The smallest absolute Gasteiger partial charge is 0.140 e. The van der Waals surface area contributed by atoms with E-state index in [1.807, 2.05) is 6.07 Å². The van der Waals surface area contributed by atoms with E-state index in [1.165, 1.54) is 7.11 Å². The summed E-state index contributed by atoms with van der Waals surface area (Å²) in [6.45, 7) is 4.19. The molecule has 0 aliphatic heterocycles. The summed E-state index contributed by atoms with van der Waals surface area (Å²) in [6.07, 6.45) is 2.59. The van der Waals surface area contributed by atoms with Crippen LogP contribution in [0, 0.1) is 11.3 Å². The van der Waals surface area contributed by atoms with Crippen molar-refractivity contribution in [3.05, 3.63) is 36.4 Å². The van der Waals surface area contributed by atoms with Gasteiger partial charge in [0.2, 0.25) is 0 Å². The number of hydrogen-bond acceptors (Lipinski definition) is 3. The van der Waals surface area contributed by atoms with Gasteiger partial charge in [0, 0.05) is 6.07 Å². The monoisotopic (exact) mass is 203 g/mol. The molecular weight excluding hydrogens is 190 g/mol. The second kappa shape index (κ2) is 5.71. The topological polar surface area (TPSA) is 42.2 Å². The van der Waals surface area contributed by atoms with Gasteiger partial charge in [-0.15, -0.1) is 6.58 Å².